The number of H-pyrrole nitrogens is 1. The van der Waals surface area contributed by atoms with Crippen molar-refractivity contribution in [2.24, 2.45) is 15.7 Å². The van der Waals surface area contributed by atoms with Gasteiger partial charge in [0.25, 0.3) is 5.56 Å². The molecule has 0 spiro atoms. The van der Waals surface area contributed by atoms with Crippen LogP contribution in [-0.4, -0.2) is 34.6 Å². The lowest BCUT2D eigenvalue weighted by molar-refractivity contribution is 0.0983. The topological polar surface area (TPSA) is 157 Å². The summed E-state index contributed by atoms with van der Waals surface area (Å²) in [6.07, 6.45) is 1.17. The maximum Gasteiger partial charge on any atom is 0.280 e. The third-order valence-electron chi connectivity index (χ3n) is 3.51. The number of benzene rings is 1. The van der Waals surface area contributed by atoms with Crippen LogP contribution in [0.5, 0.6) is 0 Å². The number of nitrogens with zero attached hydrogens (tertiary/aromatic N) is 3. The van der Waals surface area contributed by atoms with Crippen molar-refractivity contribution in [2.75, 3.05) is 18.8 Å². The highest BCUT2D eigenvalue weighted by Crippen LogP contribution is 2.18. The molecular weight excluding hydrogens is 324 g/mol. The van der Waals surface area contributed by atoms with Gasteiger partial charge in [0.15, 0.2) is 16.6 Å². The number of hydrogen-bond acceptors (Lipinski definition) is 8. The summed E-state index contributed by atoms with van der Waals surface area (Å²) in [6, 6.07) is 6.66. The Labute approximate surface area is 140 Å². The molecule has 126 valence electrons. The number of ketones is 2. The Balaban J connectivity index is 0.000000146. The van der Waals surface area contributed by atoms with E-state index >= 15 is 0 Å². The van der Waals surface area contributed by atoms with Gasteiger partial charge in [0.2, 0.25) is 11.7 Å². The molecule has 2 aliphatic rings. The monoisotopic (exact) mass is 338 g/mol. The van der Waals surface area contributed by atoms with Gasteiger partial charge in [-0.25, -0.2) is 0 Å². The number of aromatic amines is 1. The normalized spacial score (nSPS) is 14.8. The summed E-state index contributed by atoms with van der Waals surface area (Å²) in [6.45, 7) is 1.12. The second-order valence-electron chi connectivity index (χ2n) is 5.23. The number of Topliss-reactive ketones (excluding diaryl/α,β-unsaturated/α-hetero) is 1. The predicted octanol–water partition coefficient (Wildman–Crippen LogP) is -1.49. The van der Waals surface area contributed by atoms with E-state index in [1.807, 2.05) is 0 Å². The summed E-state index contributed by atoms with van der Waals surface area (Å²) < 4.78 is 0. The predicted molar refractivity (Wildman–Crippen MR) is 88.7 cm³/mol. The van der Waals surface area contributed by atoms with E-state index in [1.165, 1.54) is 6.08 Å². The number of hydrogen-bond donors (Lipinski definition) is 3. The molecule has 25 heavy (non-hydrogen) atoms. The molecule has 0 radical (unpaired) electrons. The maximum absolute atomic E-state index is 11.4. The zero-order valence-corrected chi connectivity index (χ0v) is 13.0. The molecule has 2 heterocycles. The second kappa shape index (κ2) is 6.48. The molecule has 5 N–H and O–H groups in total. The number of aromatic nitrogens is 2. The van der Waals surface area contributed by atoms with Gasteiger partial charge >= 0.3 is 0 Å². The fraction of sp³-hybridized carbons (Fsp3) is 0.125. The molecule has 9 nitrogen and oxygen atoms in total. The fourth-order valence-electron chi connectivity index (χ4n) is 2.38. The van der Waals surface area contributed by atoms with Crippen LogP contribution in [0.15, 0.2) is 50.8 Å². The van der Waals surface area contributed by atoms with Crippen molar-refractivity contribution in [3.63, 3.8) is 0 Å². The highest BCUT2D eigenvalue weighted by Gasteiger charge is 2.22. The third-order valence-corrected chi connectivity index (χ3v) is 3.51. The summed E-state index contributed by atoms with van der Waals surface area (Å²) in [4.78, 5) is 48.1. The Morgan fingerprint density at radius 2 is 1.64 bits per heavy atom. The molecular formula is C16H14N6O3. The van der Waals surface area contributed by atoms with Gasteiger partial charge in [-0.05, 0) is 0 Å². The molecule has 0 saturated heterocycles. The minimum absolute atomic E-state index is 0.0173. The lowest BCUT2D eigenvalue weighted by Crippen LogP contribution is -2.46. The largest absolute Gasteiger partial charge is 0.395 e. The van der Waals surface area contributed by atoms with Gasteiger partial charge in [-0.2, -0.15) is 4.98 Å². The molecule has 1 aromatic heterocycles. The van der Waals surface area contributed by atoms with Crippen LogP contribution < -0.4 is 27.9 Å². The Morgan fingerprint density at radius 3 is 2.40 bits per heavy atom. The smallest absolute Gasteiger partial charge is 0.280 e. The Hall–Kier alpha value is -3.62. The molecule has 0 unspecified atom stereocenters. The van der Waals surface area contributed by atoms with Gasteiger partial charge < -0.3 is 11.5 Å². The van der Waals surface area contributed by atoms with Crippen LogP contribution >= 0.6 is 0 Å². The van der Waals surface area contributed by atoms with E-state index in [4.69, 9.17) is 11.5 Å². The summed E-state index contributed by atoms with van der Waals surface area (Å²) in [7, 11) is 0. The minimum atomic E-state index is -0.319. The van der Waals surface area contributed by atoms with Crippen molar-refractivity contribution in [3.05, 3.63) is 68.4 Å². The fourth-order valence-corrected chi connectivity index (χ4v) is 2.38. The van der Waals surface area contributed by atoms with Gasteiger partial charge in [-0.15, -0.1) is 0 Å². The van der Waals surface area contributed by atoms with E-state index in [-0.39, 0.29) is 34.1 Å². The molecule has 9 heteroatoms. The van der Waals surface area contributed by atoms with Gasteiger partial charge in [0.05, 0.1) is 18.8 Å². The number of carbonyl (C=O) groups excluding carboxylic acids is 2. The molecule has 2 aromatic rings. The zero-order valence-electron chi connectivity index (χ0n) is 13.0. The van der Waals surface area contributed by atoms with Gasteiger partial charge in [0.1, 0.15) is 0 Å². The summed E-state index contributed by atoms with van der Waals surface area (Å²) in [5, 5.41) is 0.287. The van der Waals surface area contributed by atoms with E-state index in [1.54, 1.807) is 24.3 Å². The SMILES string of the molecule is NC1=CC(=O)c2ccccc2C1=O.Nc1nc2c(c(=O)[nH]1)=NCCN=2. The molecule has 1 aliphatic carbocycles. The minimum Gasteiger partial charge on any atom is -0.395 e. The van der Waals surface area contributed by atoms with Crippen LogP contribution in [0, 0.1) is 0 Å². The van der Waals surface area contributed by atoms with Gasteiger partial charge in [0, 0.05) is 17.2 Å². The quantitative estimate of drug-likeness (QED) is 0.531. The Bertz CT molecular complexity index is 1080. The van der Waals surface area contributed by atoms with Crippen LogP contribution in [0.3, 0.4) is 0 Å². The number of rotatable bonds is 0. The molecule has 0 saturated carbocycles. The second-order valence-corrected chi connectivity index (χ2v) is 5.23. The molecule has 1 aromatic carbocycles. The van der Waals surface area contributed by atoms with Gasteiger partial charge in [-0.1, -0.05) is 24.3 Å². The van der Waals surface area contributed by atoms with Crippen molar-refractivity contribution in [1.82, 2.24) is 9.97 Å². The molecule has 1 aliphatic heterocycles. The Kier molecular flexibility index (Phi) is 4.21. The van der Waals surface area contributed by atoms with E-state index < -0.39 is 0 Å². The number of anilines is 1. The number of allylic oxidation sites excluding steroid dienone is 2. The first-order chi connectivity index (χ1) is 12.0. The van der Waals surface area contributed by atoms with Gasteiger partial charge in [-0.3, -0.25) is 29.4 Å². The maximum atomic E-state index is 11.4. The first-order valence-electron chi connectivity index (χ1n) is 7.37. The first kappa shape index (κ1) is 16.2. The van der Waals surface area contributed by atoms with Crippen molar-refractivity contribution >= 4 is 17.5 Å². The molecule has 0 bridgehead atoms. The Morgan fingerprint density at radius 1 is 0.960 bits per heavy atom. The average Bonchev–Trinajstić information content (AvgIpc) is 2.60. The molecule has 0 atom stereocenters. The number of carbonyl (C=O) groups is 2. The highest BCUT2D eigenvalue weighted by molar-refractivity contribution is 6.24. The molecule has 4 rings (SSSR count). The standard InChI is InChI=1S/C10H7NO2.C6H7N5O/c11-8-5-9(12)6-3-1-2-4-7(6)10(8)13;7-6-10-4-3(5(12)11-6)8-1-2-9-4/h1-5H,11H2;1-2H2,(H3,7,9,10,11,12). The lowest BCUT2D eigenvalue weighted by atomic mass is 9.93. The number of fused-ring (bicyclic) bond motifs is 2. The van der Waals surface area contributed by atoms with Crippen LogP contribution in [0.4, 0.5) is 5.95 Å². The van der Waals surface area contributed by atoms with Crippen molar-refractivity contribution in [3.8, 4) is 0 Å². The summed E-state index contributed by atoms with van der Waals surface area (Å²) in [5.74, 6) is -0.387. The lowest BCUT2D eigenvalue weighted by Gasteiger charge is -2.10. The van der Waals surface area contributed by atoms with Crippen molar-refractivity contribution < 1.29 is 9.59 Å². The van der Waals surface area contributed by atoms with Crippen molar-refractivity contribution in [2.45, 2.75) is 0 Å². The zero-order chi connectivity index (χ0) is 18.0. The molecule has 0 amide bonds. The van der Waals surface area contributed by atoms with Crippen LogP contribution in [0.2, 0.25) is 0 Å². The molecule has 0 fully saturated rings. The average molecular weight is 338 g/mol. The van der Waals surface area contributed by atoms with Crippen molar-refractivity contribution in [1.29, 1.82) is 0 Å². The first-order valence-corrected chi connectivity index (χ1v) is 7.37. The van der Waals surface area contributed by atoms with E-state index in [0.29, 0.717) is 29.7 Å². The van der Waals surface area contributed by atoms with Crippen LogP contribution in [0.25, 0.3) is 0 Å². The third kappa shape index (κ3) is 3.20. The number of nitrogens with two attached hydrogens (primary N) is 2. The van der Waals surface area contributed by atoms with Crippen LogP contribution in [-0.2, 0) is 0 Å². The van der Waals surface area contributed by atoms with E-state index in [9.17, 15) is 14.4 Å². The summed E-state index contributed by atoms with van der Waals surface area (Å²) >= 11 is 0. The highest BCUT2D eigenvalue weighted by atomic mass is 16.1. The van der Waals surface area contributed by atoms with E-state index in [0.717, 1.165) is 0 Å². The summed E-state index contributed by atoms with van der Waals surface area (Å²) in [5.41, 5.74) is 11.6. The van der Waals surface area contributed by atoms with Crippen LogP contribution in [0.1, 0.15) is 20.7 Å². The van der Waals surface area contributed by atoms with E-state index in [2.05, 4.69) is 20.0 Å². The number of nitrogen functional groups attached to an aromatic ring is 1. The number of nitrogens with one attached hydrogen (secondary N) is 1.